The molecule has 1 aromatic heterocycles. The highest BCUT2D eigenvalue weighted by Crippen LogP contribution is 2.51. The van der Waals surface area contributed by atoms with E-state index in [0.29, 0.717) is 17.2 Å². The smallest absolute Gasteiger partial charge is 0.358 e. The van der Waals surface area contributed by atoms with Gasteiger partial charge in [0.1, 0.15) is 5.82 Å². The molecule has 0 bridgehead atoms. The van der Waals surface area contributed by atoms with Crippen molar-refractivity contribution in [2.75, 3.05) is 19.0 Å². The zero-order valence-electron chi connectivity index (χ0n) is 10.4. The largest absolute Gasteiger partial charge is 0.464 e. The second-order valence-electron chi connectivity index (χ2n) is 5.05. The Balaban J connectivity index is 1.95. The summed E-state index contributed by atoms with van der Waals surface area (Å²) in [4.78, 5) is 19.4. The van der Waals surface area contributed by atoms with Crippen LogP contribution in [0.2, 0.25) is 0 Å². The van der Waals surface area contributed by atoms with Crippen LogP contribution >= 0.6 is 0 Å². The molecule has 1 unspecified atom stereocenters. The highest BCUT2D eigenvalue weighted by molar-refractivity contribution is 5.87. The molecule has 1 saturated carbocycles. The van der Waals surface area contributed by atoms with Crippen molar-refractivity contribution in [3.05, 3.63) is 18.1 Å². The molecule has 5 heteroatoms. The number of hydrogen-bond donors (Lipinski definition) is 1. The first kappa shape index (κ1) is 11.8. The second kappa shape index (κ2) is 4.31. The van der Waals surface area contributed by atoms with Gasteiger partial charge in [-0.3, -0.25) is 4.98 Å². The Bertz CT molecular complexity index is 432. The van der Waals surface area contributed by atoms with E-state index >= 15 is 0 Å². The average molecular weight is 235 g/mol. The van der Waals surface area contributed by atoms with Gasteiger partial charge in [0, 0.05) is 6.54 Å². The Morgan fingerprint density at radius 1 is 1.59 bits per heavy atom. The van der Waals surface area contributed by atoms with Crippen LogP contribution in [-0.2, 0) is 4.74 Å². The highest BCUT2D eigenvalue weighted by atomic mass is 16.5. The van der Waals surface area contributed by atoms with E-state index in [4.69, 9.17) is 0 Å². The molecule has 0 spiro atoms. The SMILES string of the molecule is COC(=O)c1cncc(NCC2CC2(C)C)n1. The van der Waals surface area contributed by atoms with Crippen LogP contribution in [0.1, 0.15) is 30.8 Å². The van der Waals surface area contributed by atoms with E-state index in [-0.39, 0.29) is 5.69 Å². The molecule has 1 aromatic rings. The van der Waals surface area contributed by atoms with Crippen molar-refractivity contribution < 1.29 is 9.53 Å². The first-order valence-electron chi connectivity index (χ1n) is 5.67. The number of nitrogens with zero attached hydrogens (tertiary/aromatic N) is 2. The van der Waals surface area contributed by atoms with Gasteiger partial charge in [-0.25, -0.2) is 9.78 Å². The molecule has 5 nitrogen and oxygen atoms in total. The standard InChI is InChI=1S/C12H17N3O2/c1-12(2)4-8(12)5-14-10-7-13-6-9(15-10)11(16)17-3/h6-8H,4-5H2,1-3H3,(H,14,15). The lowest BCUT2D eigenvalue weighted by Crippen LogP contribution is -2.11. The van der Waals surface area contributed by atoms with Crippen molar-refractivity contribution in [2.45, 2.75) is 20.3 Å². The molecular formula is C12H17N3O2. The monoisotopic (exact) mass is 235 g/mol. The summed E-state index contributed by atoms with van der Waals surface area (Å²) in [5, 5.41) is 3.20. The predicted molar refractivity (Wildman–Crippen MR) is 63.7 cm³/mol. The van der Waals surface area contributed by atoms with Crippen LogP contribution in [0.15, 0.2) is 12.4 Å². The number of esters is 1. The summed E-state index contributed by atoms with van der Waals surface area (Å²) in [5.41, 5.74) is 0.660. The summed E-state index contributed by atoms with van der Waals surface area (Å²) in [6.07, 6.45) is 4.24. The molecule has 92 valence electrons. The van der Waals surface area contributed by atoms with Crippen LogP contribution < -0.4 is 5.32 Å². The van der Waals surface area contributed by atoms with Crippen molar-refractivity contribution in [2.24, 2.45) is 11.3 Å². The van der Waals surface area contributed by atoms with E-state index in [1.807, 2.05) is 0 Å². The number of carbonyl (C=O) groups excluding carboxylic acids is 1. The quantitative estimate of drug-likeness (QED) is 0.805. The molecule has 1 fully saturated rings. The topological polar surface area (TPSA) is 64.1 Å². The Morgan fingerprint density at radius 3 is 2.88 bits per heavy atom. The van der Waals surface area contributed by atoms with Crippen molar-refractivity contribution in [3.63, 3.8) is 0 Å². The van der Waals surface area contributed by atoms with Gasteiger partial charge in [0.2, 0.25) is 0 Å². The Labute approximate surface area is 101 Å². The van der Waals surface area contributed by atoms with Gasteiger partial charge >= 0.3 is 5.97 Å². The lowest BCUT2D eigenvalue weighted by Gasteiger charge is -2.07. The number of hydrogen-bond acceptors (Lipinski definition) is 5. The van der Waals surface area contributed by atoms with Crippen LogP contribution in [0.3, 0.4) is 0 Å². The van der Waals surface area contributed by atoms with Crippen molar-refractivity contribution >= 4 is 11.8 Å². The molecule has 2 rings (SSSR count). The van der Waals surface area contributed by atoms with E-state index in [2.05, 4.69) is 33.9 Å². The molecular weight excluding hydrogens is 218 g/mol. The van der Waals surface area contributed by atoms with Crippen LogP contribution in [-0.4, -0.2) is 29.6 Å². The number of nitrogens with one attached hydrogen (secondary N) is 1. The summed E-state index contributed by atoms with van der Waals surface area (Å²) in [6, 6.07) is 0. The third-order valence-electron chi connectivity index (χ3n) is 3.28. The fourth-order valence-corrected chi connectivity index (χ4v) is 1.81. The fourth-order valence-electron chi connectivity index (χ4n) is 1.81. The van der Waals surface area contributed by atoms with Gasteiger partial charge in [0.15, 0.2) is 5.69 Å². The third kappa shape index (κ3) is 2.72. The lowest BCUT2D eigenvalue weighted by molar-refractivity contribution is 0.0593. The van der Waals surface area contributed by atoms with E-state index < -0.39 is 5.97 Å². The number of rotatable bonds is 4. The molecule has 1 aliphatic carbocycles. The highest BCUT2D eigenvalue weighted by Gasteiger charge is 2.44. The number of carbonyl (C=O) groups is 1. The molecule has 0 saturated heterocycles. The van der Waals surface area contributed by atoms with Gasteiger partial charge in [-0.05, 0) is 17.8 Å². The predicted octanol–water partition coefficient (Wildman–Crippen LogP) is 1.72. The summed E-state index contributed by atoms with van der Waals surface area (Å²) >= 11 is 0. The zero-order chi connectivity index (χ0) is 12.5. The maximum atomic E-state index is 11.3. The summed E-state index contributed by atoms with van der Waals surface area (Å²) in [6.45, 7) is 5.36. The Kier molecular flexibility index (Phi) is 3.00. The minimum atomic E-state index is -0.465. The van der Waals surface area contributed by atoms with Gasteiger partial charge in [-0.1, -0.05) is 13.8 Å². The van der Waals surface area contributed by atoms with E-state index in [0.717, 1.165) is 6.54 Å². The number of methoxy groups -OCH3 is 1. The summed E-state index contributed by atoms with van der Waals surface area (Å²) < 4.78 is 4.59. The molecule has 17 heavy (non-hydrogen) atoms. The molecule has 0 aromatic carbocycles. The normalized spacial score (nSPS) is 20.8. The van der Waals surface area contributed by atoms with Crippen LogP contribution in [0.5, 0.6) is 0 Å². The van der Waals surface area contributed by atoms with Gasteiger partial charge in [0.25, 0.3) is 0 Å². The number of ether oxygens (including phenoxy) is 1. The minimum Gasteiger partial charge on any atom is -0.464 e. The van der Waals surface area contributed by atoms with Crippen molar-refractivity contribution in [1.29, 1.82) is 0 Å². The summed E-state index contributed by atoms with van der Waals surface area (Å²) in [7, 11) is 1.33. The molecule has 1 N–H and O–H groups in total. The number of aromatic nitrogens is 2. The fraction of sp³-hybridized carbons (Fsp3) is 0.583. The zero-order valence-corrected chi connectivity index (χ0v) is 10.4. The molecule has 0 aliphatic heterocycles. The van der Waals surface area contributed by atoms with Crippen LogP contribution in [0.4, 0.5) is 5.82 Å². The van der Waals surface area contributed by atoms with Gasteiger partial charge in [-0.15, -0.1) is 0 Å². The second-order valence-corrected chi connectivity index (χ2v) is 5.05. The molecule has 1 aliphatic rings. The Morgan fingerprint density at radius 2 is 2.29 bits per heavy atom. The van der Waals surface area contributed by atoms with Gasteiger partial charge in [0.05, 0.1) is 19.5 Å². The first-order chi connectivity index (χ1) is 8.03. The molecule has 0 radical (unpaired) electrons. The van der Waals surface area contributed by atoms with Crippen LogP contribution in [0, 0.1) is 11.3 Å². The van der Waals surface area contributed by atoms with Crippen LogP contribution in [0.25, 0.3) is 0 Å². The van der Waals surface area contributed by atoms with E-state index in [9.17, 15) is 4.79 Å². The molecule has 1 atom stereocenters. The lowest BCUT2D eigenvalue weighted by atomic mass is 10.1. The van der Waals surface area contributed by atoms with E-state index in [1.54, 1.807) is 6.20 Å². The minimum absolute atomic E-state index is 0.229. The maximum Gasteiger partial charge on any atom is 0.358 e. The van der Waals surface area contributed by atoms with Gasteiger partial charge < -0.3 is 10.1 Å². The summed E-state index contributed by atoms with van der Waals surface area (Å²) in [5.74, 6) is 0.828. The maximum absolute atomic E-state index is 11.3. The molecule has 0 amide bonds. The average Bonchev–Trinajstić information content (AvgIpc) is 2.94. The Hall–Kier alpha value is -1.65. The third-order valence-corrected chi connectivity index (χ3v) is 3.28. The van der Waals surface area contributed by atoms with Crippen molar-refractivity contribution in [3.8, 4) is 0 Å². The first-order valence-corrected chi connectivity index (χ1v) is 5.67. The molecule has 1 heterocycles. The van der Waals surface area contributed by atoms with Gasteiger partial charge in [-0.2, -0.15) is 0 Å². The van der Waals surface area contributed by atoms with E-state index in [1.165, 1.54) is 19.7 Å². The number of anilines is 1. The van der Waals surface area contributed by atoms with Crippen molar-refractivity contribution in [1.82, 2.24) is 9.97 Å².